The molecule has 0 radical (unpaired) electrons. The van der Waals surface area contributed by atoms with Crippen molar-refractivity contribution in [2.45, 2.75) is 57.6 Å². The number of nitrogens with zero attached hydrogens (tertiary/aromatic N) is 1. The monoisotopic (exact) mass is 357 g/mol. The fourth-order valence-corrected chi connectivity index (χ4v) is 3.61. The molecule has 2 unspecified atom stereocenters. The Balaban J connectivity index is 2.11. The molecule has 1 aromatic rings. The number of aliphatic hydroxyl groups is 1. The molecule has 1 N–H and O–H groups in total. The highest BCUT2D eigenvalue weighted by molar-refractivity contribution is 9.10. The average Bonchev–Trinajstić information content (AvgIpc) is 2.51. The van der Waals surface area contributed by atoms with Gasteiger partial charge in [-0.1, -0.05) is 19.4 Å². The minimum Gasteiger partial charge on any atom is -0.391 e. The van der Waals surface area contributed by atoms with E-state index in [1.54, 1.807) is 12.1 Å². The molecular weight excluding hydrogens is 333 g/mol. The summed E-state index contributed by atoms with van der Waals surface area (Å²) in [6.45, 7) is 6.42. The van der Waals surface area contributed by atoms with Crippen molar-refractivity contribution >= 4 is 15.9 Å². The van der Waals surface area contributed by atoms with Gasteiger partial charge in [-0.3, -0.25) is 4.90 Å². The van der Waals surface area contributed by atoms with Crippen molar-refractivity contribution in [3.63, 3.8) is 0 Å². The van der Waals surface area contributed by atoms with E-state index in [1.165, 1.54) is 25.3 Å². The molecule has 1 heterocycles. The zero-order chi connectivity index (χ0) is 15.5. The maximum Gasteiger partial charge on any atom is 0.137 e. The number of aliphatic hydroxyl groups excluding tert-OH is 1. The third-order valence-corrected chi connectivity index (χ3v) is 5.53. The van der Waals surface area contributed by atoms with Crippen LogP contribution in [0.3, 0.4) is 0 Å². The Bertz CT molecular complexity index is 476. The topological polar surface area (TPSA) is 23.5 Å². The van der Waals surface area contributed by atoms with Gasteiger partial charge in [-0.2, -0.15) is 0 Å². The van der Waals surface area contributed by atoms with Crippen molar-refractivity contribution in [1.29, 1.82) is 0 Å². The molecule has 0 aliphatic carbocycles. The summed E-state index contributed by atoms with van der Waals surface area (Å²) in [6.07, 6.45) is 4.74. The van der Waals surface area contributed by atoms with Gasteiger partial charge in [0.05, 0.1) is 10.6 Å². The Kier molecular flexibility index (Phi) is 5.81. The van der Waals surface area contributed by atoms with Crippen LogP contribution in [0.1, 0.15) is 45.1 Å². The Morgan fingerprint density at radius 2 is 2.00 bits per heavy atom. The van der Waals surface area contributed by atoms with E-state index < -0.39 is 6.10 Å². The lowest BCUT2D eigenvalue weighted by Gasteiger charge is -2.46. The lowest BCUT2D eigenvalue weighted by Crippen LogP contribution is -2.56. The van der Waals surface area contributed by atoms with Crippen molar-refractivity contribution in [3.8, 4) is 0 Å². The van der Waals surface area contributed by atoms with Gasteiger partial charge in [-0.25, -0.2) is 4.39 Å². The van der Waals surface area contributed by atoms with Gasteiger partial charge in [0.2, 0.25) is 0 Å². The van der Waals surface area contributed by atoms with Gasteiger partial charge in [-0.15, -0.1) is 0 Å². The maximum atomic E-state index is 13.3. The zero-order valence-electron chi connectivity index (χ0n) is 12.9. The lowest BCUT2D eigenvalue weighted by atomic mass is 9.84. The molecule has 1 fully saturated rings. The van der Waals surface area contributed by atoms with E-state index in [-0.39, 0.29) is 11.4 Å². The highest BCUT2D eigenvalue weighted by Gasteiger charge is 2.37. The minimum atomic E-state index is -0.446. The third-order valence-electron chi connectivity index (χ3n) is 4.93. The standard InChI is InChI=1S/C17H25BrFNO/c1-3-17(2,20-9-5-4-6-10-20)16(21)12-13-7-8-15(19)14(18)11-13/h7-8,11,16,21H,3-6,9-10,12H2,1-2H3. The Hall–Kier alpha value is -0.450. The largest absolute Gasteiger partial charge is 0.391 e. The smallest absolute Gasteiger partial charge is 0.137 e. The van der Waals surface area contributed by atoms with Gasteiger partial charge in [0, 0.05) is 12.0 Å². The molecule has 1 saturated heterocycles. The van der Waals surface area contributed by atoms with Gasteiger partial charge in [0.25, 0.3) is 0 Å². The predicted molar refractivity (Wildman–Crippen MR) is 87.9 cm³/mol. The van der Waals surface area contributed by atoms with Crippen LogP contribution < -0.4 is 0 Å². The molecular formula is C17H25BrFNO. The van der Waals surface area contributed by atoms with Crippen LogP contribution in [0.2, 0.25) is 0 Å². The molecule has 4 heteroatoms. The third kappa shape index (κ3) is 3.85. The number of benzene rings is 1. The van der Waals surface area contributed by atoms with Crippen molar-refractivity contribution in [1.82, 2.24) is 4.90 Å². The van der Waals surface area contributed by atoms with Crippen molar-refractivity contribution in [2.24, 2.45) is 0 Å². The summed E-state index contributed by atoms with van der Waals surface area (Å²) in [4.78, 5) is 2.43. The molecule has 21 heavy (non-hydrogen) atoms. The van der Waals surface area contributed by atoms with Gasteiger partial charge >= 0.3 is 0 Å². The second kappa shape index (κ2) is 7.21. The van der Waals surface area contributed by atoms with Crippen LogP contribution in [0.5, 0.6) is 0 Å². The van der Waals surface area contributed by atoms with Gasteiger partial charge < -0.3 is 5.11 Å². The molecule has 1 aliphatic rings. The van der Waals surface area contributed by atoms with E-state index in [4.69, 9.17) is 0 Å². The molecule has 2 atom stereocenters. The van der Waals surface area contributed by atoms with Gasteiger partial charge in [0.1, 0.15) is 5.82 Å². The summed E-state index contributed by atoms with van der Waals surface area (Å²) in [5.41, 5.74) is 0.758. The summed E-state index contributed by atoms with van der Waals surface area (Å²) in [5.74, 6) is -0.262. The van der Waals surface area contributed by atoms with Crippen molar-refractivity contribution in [3.05, 3.63) is 34.1 Å². The fraction of sp³-hybridized carbons (Fsp3) is 0.647. The summed E-state index contributed by atoms with van der Waals surface area (Å²) >= 11 is 3.21. The van der Waals surface area contributed by atoms with E-state index in [0.29, 0.717) is 10.9 Å². The predicted octanol–water partition coefficient (Wildman–Crippen LogP) is 4.15. The highest BCUT2D eigenvalue weighted by Crippen LogP contribution is 2.30. The van der Waals surface area contributed by atoms with Crippen molar-refractivity contribution in [2.75, 3.05) is 13.1 Å². The first-order valence-electron chi connectivity index (χ1n) is 7.84. The normalized spacial score (nSPS) is 21.0. The van der Waals surface area contributed by atoms with Gasteiger partial charge in [-0.05, 0) is 72.9 Å². The lowest BCUT2D eigenvalue weighted by molar-refractivity contribution is -0.0328. The second-order valence-electron chi connectivity index (χ2n) is 6.23. The molecule has 1 aromatic carbocycles. The van der Waals surface area contributed by atoms with Crippen molar-refractivity contribution < 1.29 is 9.50 Å². The quantitative estimate of drug-likeness (QED) is 0.855. The van der Waals surface area contributed by atoms with E-state index in [1.807, 2.05) is 0 Å². The van der Waals surface area contributed by atoms with E-state index in [9.17, 15) is 9.50 Å². The van der Waals surface area contributed by atoms with E-state index in [2.05, 4.69) is 34.7 Å². The maximum absolute atomic E-state index is 13.3. The number of rotatable bonds is 5. The van der Waals surface area contributed by atoms with Crippen LogP contribution in [0.15, 0.2) is 22.7 Å². The second-order valence-corrected chi connectivity index (χ2v) is 7.08. The Morgan fingerprint density at radius 1 is 1.33 bits per heavy atom. The molecule has 2 nitrogen and oxygen atoms in total. The number of piperidine rings is 1. The molecule has 0 amide bonds. The fourth-order valence-electron chi connectivity index (χ4n) is 3.18. The first-order valence-corrected chi connectivity index (χ1v) is 8.63. The van der Waals surface area contributed by atoms with Crippen LogP contribution >= 0.6 is 15.9 Å². The van der Waals surface area contributed by atoms with E-state index in [0.717, 1.165) is 25.1 Å². The highest BCUT2D eigenvalue weighted by atomic mass is 79.9. The number of hydrogen-bond donors (Lipinski definition) is 1. The molecule has 0 spiro atoms. The van der Waals surface area contributed by atoms with Crippen LogP contribution in [-0.2, 0) is 6.42 Å². The molecule has 118 valence electrons. The summed E-state index contributed by atoms with van der Waals surface area (Å²) in [5, 5.41) is 10.8. The first-order chi connectivity index (χ1) is 9.97. The van der Waals surface area contributed by atoms with Crippen LogP contribution in [-0.4, -0.2) is 34.7 Å². The molecule has 1 aliphatic heterocycles. The summed E-state index contributed by atoms with van der Waals surface area (Å²) < 4.78 is 13.8. The Morgan fingerprint density at radius 3 is 2.57 bits per heavy atom. The molecule has 0 bridgehead atoms. The summed E-state index contributed by atoms with van der Waals surface area (Å²) in [6, 6.07) is 4.98. The minimum absolute atomic E-state index is 0.207. The first kappa shape index (κ1) is 16.9. The van der Waals surface area contributed by atoms with Crippen LogP contribution in [0, 0.1) is 5.82 Å². The number of likely N-dealkylation sites (tertiary alicyclic amines) is 1. The molecule has 0 saturated carbocycles. The molecule has 0 aromatic heterocycles. The molecule has 2 rings (SSSR count). The SMILES string of the molecule is CCC(C)(C(O)Cc1ccc(F)c(Br)c1)N1CCCCC1. The van der Waals surface area contributed by atoms with E-state index >= 15 is 0 Å². The van der Waals surface area contributed by atoms with Crippen LogP contribution in [0.25, 0.3) is 0 Å². The average molecular weight is 358 g/mol. The Labute approximate surface area is 135 Å². The number of halogens is 2. The number of hydrogen-bond acceptors (Lipinski definition) is 2. The zero-order valence-corrected chi connectivity index (χ0v) is 14.5. The van der Waals surface area contributed by atoms with Gasteiger partial charge in [0.15, 0.2) is 0 Å². The summed E-state index contributed by atoms with van der Waals surface area (Å²) in [7, 11) is 0. The van der Waals surface area contributed by atoms with Crippen LogP contribution in [0.4, 0.5) is 4.39 Å².